The van der Waals surface area contributed by atoms with Crippen molar-refractivity contribution in [2.75, 3.05) is 21.3 Å². The molecule has 304 valence electrons. The third kappa shape index (κ3) is 11.6. The quantitative estimate of drug-likeness (QED) is 0.0677. The summed E-state index contributed by atoms with van der Waals surface area (Å²) in [4.78, 5) is 0. The molecule has 8 nitrogen and oxygen atoms in total. The van der Waals surface area contributed by atoms with Gasteiger partial charge in [-0.05, 0) is 166 Å². The van der Waals surface area contributed by atoms with E-state index in [1.54, 1.807) is 0 Å². The summed E-state index contributed by atoms with van der Waals surface area (Å²) in [5.74, 6) is 6.07. The summed E-state index contributed by atoms with van der Waals surface area (Å²) in [5, 5.41) is 15.0. The second kappa shape index (κ2) is 19.3. The molecule has 0 aliphatic heterocycles. The molecular weight excluding hydrogens is 757 g/mol. The van der Waals surface area contributed by atoms with E-state index in [2.05, 4.69) is 42.0 Å². The van der Waals surface area contributed by atoms with Gasteiger partial charge < -0.3 is 40.2 Å². The Hall–Kier alpha value is -7.84. The van der Waals surface area contributed by atoms with Crippen LogP contribution in [-0.2, 0) is 0 Å². The lowest BCUT2D eigenvalue weighted by atomic mass is 10.2. The number of nitrogens with one attached hydrogen (secondary N) is 4. The number of rotatable bonds is 17. The van der Waals surface area contributed by atoms with Crippen molar-refractivity contribution in [3.63, 3.8) is 0 Å². The fourth-order valence-electron chi connectivity index (χ4n) is 6.45. The number of anilines is 4. The topological polar surface area (TPSA) is 85.0 Å². The lowest BCUT2D eigenvalue weighted by molar-refractivity contribution is 0.482. The van der Waals surface area contributed by atoms with Crippen LogP contribution in [0.5, 0.6) is 46.0 Å². The van der Waals surface area contributed by atoms with Crippen molar-refractivity contribution in [1.82, 2.24) is 0 Å². The van der Waals surface area contributed by atoms with Gasteiger partial charge in [-0.25, -0.2) is 0 Å². The van der Waals surface area contributed by atoms with Crippen molar-refractivity contribution in [2.24, 2.45) is 0 Å². The Morgan fingerprint density at radius 2 is 0.443 bits per heavy atom. The van der Waals surface area contributed by atoms with E-state index in [1.165, 1.54) is 16.7 Å². The molecule has 0 radical (unpaired) electrons. The summed E-state index contributed by atoms with van der Waals surface area (Å²) in [6, 6.07) is 65.6. The molecule has 8 rings (SSSR count). The van der Waals surface area contributed by atoms with Gasteiger partial charge in [0, 0.05) is 22.7 Å². The smallest absolute Gasteiger partial charge is 0.136 e. The monoisotopic (exact) mass is 804 g/mol. The average molecular weight is 805 g/mol. The number of benzene rings is 8. The summed E-state index contributed by atoms with van der Waals surface area (Å²) in [7, 11) is 0. The van der Waals surface area contributed by atoms with Crippen LogP contribution in [0.1, 0.15) is 16.7 Å². The lowest BCUT2D eigenvalue weighted by Gasteiger charge is -2.33. The summed E-state index contributed by atoms with van der Waals surface area (Å²) < 4.78 is 24.6. The summed E-state index contributed by atoms with van der Waals surface area (Å²) >= 11 is 0. The molecule has 4 N–H and O–H groups in total. The highest BCUT2D eigenvalue weighted by Gasteiger charge is 2.23. The van der Waals surface area contributed by atoms with Gasteiger partial charge in [-0.3, -0.25) is 0 Å². The lowest BCUT2D eigenvalue weighted by Crippen LogP contribution is -2.49. The van der Waals surface area contributed by atoms with Crippen LogP contribution in [-0.4, -0.2) is 12.3 Å². The maximum Gasteiger partial charge on any atom is 0.136 e. The molecule has 0 aromatic heterocycles. The molecule has 0 aliphatic rings. The Labute approximate surface area is 357 Å². The van der Waals surface area contributed by atoms with Crippen LogP contribution in [0.4, 0.5) is 22.7 Å². The van der Waals surface area contributed by atoms with Crippen LogP contribution in [0.25, 0.3) is 0 Å². The van der Waals surface area contributed by atoms with Crippen LogP contribution in [0, 0.1) is 20.8 Å². The minimum atomic E-state index is -0.420. The van der Waals surface area contributed by atoms with E-state index in [-0.39, 0.29) is 0 Å². The highest BCUT2D eigenvalue weighted by atomic mass is 16.5. The summed E-state index contributed by atoms with van der Waals surface area (Å²) in [6.45, 7) is 6.18. The van der Waals surface area contributed by atoms with Crippen molar-refractivity contribution >= 4 is 22.7 Å². The molecule has 0 bridgehead atoms. The van der Waals surface area contributed by atoms with Gasteiger partial charge in [-0.15, -0.1) is 0 Å². The molecule has 8 heteroatoms. The molecule has 0 saturated heterocycles. The van der Waals surface area contributed by atoms with Crippen molar-refractivity contribution in [3.8, 4) is 46.0 Å². The van der Waals surface area contributed by atoms with Gasteiger partial charge in [0.1, 0.15) is 58.3 Å². The molecular formula is C53H48N4O4. The molecule has 8 aromatic carbocycles. The predicted molar refractivity (Wildman–Crippen MR) is 248 cm³/mol. The largest absolute Gasteiger partial charge is 0.457 e. The Kier molecular flexibility index (Phi) is 12.6. The molecule has 0 saturated carbocycles. The molecule has 0 aliphatic carbocycles. The number of ether oxygens (including phenoxy) is 4. The van der Waals surface area contributed by atoms with E-state index in [0.29, 0.717) is 0 Å². The van der Waals surface area contributed by atoms with E-state index < -0.39 is 12.3 Å². The van der Waals surface area contributed by atoms with Gasteiger partial charge in [0.2, 0.25) is 0 Å². The molecule has 0 heterocycles. The summed E-state index contributed by atoms with van der Waals surface area (Å²) in [6.07, 6.45) is -0.840. The van der Waals surface area contributed by atoms with Crippen molar-refractivity contribution < 1.29 is 18.9 Å². The average Bonchev–Trinajstić information content (AvgIpc) is 3.28. The molecule has 0 fully saturated rings. The molecule has 1 unspecified atom stereocenters. The standard InChI is InChI=1S/C53H48N4O4/c1-37-9-23-45(24-10-37)59-49-31-17-41(18-32-49)55-52(54-40-15-29-48(30-16-40)58-44-7-5-4-6-8-44)53(56-42-19-33-50(34-20-42)60-46-25-11-38(2)12-26-46)57-43-21-35-51(36-22-43)61-47-27-13-39(3)14-28-47/h4-36,52-57H,1-3H3. The Bertz CT molecular complexity index is 2470. The van der Waals surface area contributed by atoms with E-state index in [9.17, 15) is 0 Å². The first kappa shape index (κ1) is 40.0. The second-order valence-corrected chi connectivity index (χ2v) is 14.8. The minimum Gasteiger partial charge on any atom is -0.457 e. The van der Waals surface area contributed by atoms with Crippen LogP contribution in [0.15, 0.2) is 200 Å². The number of para-hydroxylation sites is 1. The van der Waals surface area contributed by atoms with Gasteiger partial charge in [0.25, 0.3) is 0 Å². The molecule has 8 aromatic rings. The number of aryl methyl sites for hydroxylation is 3. The van der Waals surface area contributed by atoms with E-state index in [0.717, 1.165) is 68.7 Å². The maximum atomic E-state index is 6.15. The van der Waals surface area contributed by atoms with Crippen LogP contribution >= 0.6 is 0 Å². The molecule has 61 heavy (non-hydrogen) atoms. The Morgan fingerprint density at radius 3 is 0.672 bits per heavy atom. The van der Waals surface area contributed by atoms with Gasteiger partial charge >= 0.3 is 0 Å². The van der Waals surface area contributed by atoms with Crippen molar-refractivity contribution in [1.29, 1.82) is 0 Å². The van der Waals surface area contributed by atoms with E-state index in [4.69, 9.17) is 18.9 Å². The summed E-state index contributed by atoms with van der Waals surface area (Å²) in [5.41, 5.74) is 7.07. The predicted octanol–water partition coefficient (Wildman–Crippen LogP) is 14.2. The van der Waals surface area contributed by atoms with Crippen LogP contribution < -0.4 is 40.2 Å². The number of hydrogen-bond donors (Lipinski definition) is 4. The zero-order valence-corrected chi connectivity index (χ0v) is 34.3. The molecule has 1 atom stereocenters. The Morgan fingerprint density at radius 1 is 0.246 bits per heavy atom. The third-order valence-corrected chi connectivity index (χ3v) is 9.79. The second-order valence-electron chi connectivity index (χ2n) is 14.8. The Balaban J connectivity index is 1.07. The molecule has 0 amide bonds. The van der Waals surface area contributed by atoms with Gasteiger partial charge in [-0.2, -0.15) is 0 Å². The highest BCUT2D eigenvalue weighted by molar-refractivity contribution is 5.58. The first-order chi connectivity index (χ1) is 29.8. The normalized spacial score (nSPS) is 11.3. The molecule has 0 spiro atoms. The zero-order valence-electron chi connectivity index (χ0n) is 34.3. The first-order valence-corrected chi connectivity index (χ1v) is 20.3. The fourth-order valence-corrected chi connectivity index (χ4v) is 6.45. The van der Waals surface area contributed by atoms with Gasteiger partial charge in [0.05, 0.1) is 0 Å². The minimum absolute atomic E-state index is 0.420. The van der Waals surface area contributed by atoms with E-state index >= 15 is 0 Å². The van der Waals surface area contributed by atoms with Gasteiger partial charge in [-0.1, -0.05) is 71.3 Å². The van der Waals surface area contributed by atoms with Crippen molar-refractivity contribution in [2.45, 2.75) is 33.1 Å². The zero-order chi connectivity index (χ0) is 41.8. The van der Waals surface area contributed by atoms with E-state index in [1.807, 2.05) is 200 Å². The maximum absolute atomic E-state index is 6.15. The first-order valence-electron chi connectivity index (χ1n) is 20.3. The highest BCUT2D eigenvalue weighted by Crippen LogP contribution is 2.29. The third-order valence-electron chi connectivity index (χ3n) is 9.79. The van der Waals surface area contributed by atoms with Gasteiger partial charge in [0.15, 0.2) is 0 Å². The number of hydrogen-bond acceptors (Lipinski definition) is 8. The fraction of sp³-hybridized carbons (Fsp3) is 0.0943. The van der Waals surface area contributed by atoms with Crippen LogP contribution in [0.2, 0.25) is 0 Å². The van der Waals surface area contributed by atoms with Crippen molar-refractivity contribution in [3.05, 3.63) is 217 Å². The SMILES string of the molecule is Cc1ccc(Oc2ccc(NC(Nc3ccc(Oc4ccccc4)cc3)C(Nc3ccc(Oc4ccc(C)cc4)cc3)Nc3ccc(Oc4ccc(C)cc4)cc3)cc2)cc1. The van der Waals surface area contributed by atoms with Crippen LogP contribution in [0.3, 0.4) is 0 Å².